The van der Waals surface area contributed by atoms with Gasteiger partial charge in [-0.2, -0.15) is 13.1 Å². The molecule has 22 nitrogen and oxygen atoms in total. The molecule has 0 atom stereocenters. The fourth-order valence-corrected chi connectivity index (χ4v) is 9.48. The van der Waals surface area contributed by atoms with Crippen molar-refractivity contribution in [1.82, 2.24) is 14.7 Å². The molecule has 0 bridgehead atoms. The highest BCUT2D eigenvalue weighted by molar-refractivity contribution is 7.89. The number of aliphatic imine (C=N–C) groups is 1. The lowest BCUT2D eigenvalue weighted by Gasteiger charge is -2.38. The van der Waals surface area contributed by atoms with Crippen molar-refractivity contribution in [3.05, 3.63) is 82.9 Å². The minimum Gasteiger partial charge on any atom is -0.420 e. The van der Waals surface area contributed by atoms with Crippen LogP contribution in [0.15, 0.2) is 64.0 Å². The number of nitrogens with zero attached hydrogens (tertiary/aromatic N) is 3. The fraction of sp³-hybridized carbons (Fsp3) is 0.571. The molecule has 83 heavy (non-hydrogen) atoms. The number of fused-ring (bicyclic) bond motifs is 1. The SMILES string of the molecule is CCCN(OCC)C(=O)C1=Cc2ccc(-c3cccc(S(=O)(=O)N4CC(CNC(=O)CCOCCOCCOCCOCCOCCOCCOCCOCCOCCOCCC(=O)Oc5c(F)c(F)cc(F)c5F)C4)c3)cc2N=C(N)C1. The largest absolute Gasteiger partial charge is 0.420 e. The zero-order chi connectivity index (χ0) is 59.7. The number of hydroxylamine groups is 2. The van der Waals surface area contributed by atoms with Crippen LogP contribution in [0.2, 0.25) is 0 Å². The molecule has 2 aliphatic rings. The van der Waals surface area contributed by atoms with Crippen molar-refractivity contribution in [2.45, 2.75) is 44.4 Å². The Morgan fingerprint density at radius 3 is 1.63 bits per heavy atom. The highest BCUT2D eigenvalue weighted by Crippen LogP contribution is 2.34. The van der Waals surface area contributed by atoms with E-state index in [-0.39, 0.29) is 93.5 Å². The lowest BCUT2D eigenvalue weighted by molar-refractivity contribution is -0.180. The third-order valence-electron chi connectivity index (χ3n) is 12.1. The van der Waals surface area contributed by atoms with E-state index in [9.17, 15) is 40.4 Å². The zero-order valence-electron chi connectivity index (χ0n) is 47.1. The molecule has 0 saturated carbocycles. The number of esters is 1. The molecule has 2 amide bonds. The number of halogens is 4. The smallest absolute Gasteiger partial charge is 0.313 e. The van der Waals surface area contributed by atoms with E-state index in [1.807, 2.05) is 38.1 Å². The number of nitrogens with one attached hydrogen (secondary N) is 1. The van der Waals surface area contributed by atoms with Crippen LogP contribution in [0.4, 0.5) is 23.2 Å². The van der Waals surface area contributed by atoms with E-state index in [1.54, 1.807) is 24.3 Å². The number of ether oxygens (including phenoxy) is 11. The summed E-state index contributed by atoms with van der Waals surface area (Å²) in [6.07, 6.45) is 2.41. The van der Waals surface area contributed by atoms with E-state index in [0.29, 0.717) is 141 Å². The average molecular weight is 1200 g/mol. The van der Waals surface area contributed by atoms with Crippen LogP contribution >= 0.6 is 0 Å². The predicted molar refractivity (Wildman–Crippen MR) is 294 cm³/mol. The number of hydrogen-bond donors (Lipinski definition) is 2. The second-order valence-corrected chi connectivity index (χ2v) is 20.4. The Bertz CT molecular complexity index is 2620. The first-order chi connectivity index (χ1) is 40.2. The van der Waals surface area contributed by atoms with E-state index in [1.165, 1.54) is 9.37 Å². The Kier molecular flexibility index (Phi) is 31.6. The van der Waals surface area contributed by atoms with Gasteiger partial charge in [-0.3, -0.25) is 19.2 Å². The molecule has 0 radical (unpaired) electrons. The van der Waals surface area contributed by atoms with Gasteiger partial charge in [0.15, 0.2) is 11.6 Å². The number of hydrogen-bond acceptors (Lipinski definition) is 19. The number of nitrogens with two attached hydrogens (primary N) is 1. The summed E-state index contributed by atoms with van der Waals surface area (Å²) in [4.78, 5) is 47.8. The molecule has 27 heteroatoms. The Morgan fingerprint density at radius 1 is 0.651 bits per heavy atom. The Morgan fingerprint density at radius 2 is 1.13 bits per heavy atom. The van der Waals surface area contributed by atoms with Gasteiger partial charge in [0, 0.05) is 62.1 Å². The molecule has 3 aromatic carbocycles. The van der Waals surface area contributed by atoms with E-state index in [0.717, 1.165) is 12.0 Å². The van der Waals surface area contributed by atoms with Crippen molar-refractivity contribution in [2.75, 3.05) is 165 Å². The van der Waals surface area contributed by atoms with Crippen LogP contribution in [0.3, 0.4) is 0 Å². The second kappa shape index (κ2) is 38.4. The minimum atomic E-state index is -3.79. The molecule has 3 N–H and O–H groups in total. The van der Waals surface area contributed by atoms with Gasteiger partial charge < -0.3 is 63.2 Å². The quantitative estimate of drug-likeness (QED) is 0.0185. The van der Waals surface area contributed by atoms with Crippen LogP contribution in [0.25, 0.3) is 17.2 Å². The van der Waals surface area contributed by atoms with Crippen LogP contribution in [-0.2, 0) is 76.6 Å². The van der Waals surface area contributed by atoms with Gasteiger partial charge in [0.05, 0.1) is 156 Å². The van der Waals surface area contributed by atoms with Gasteiger partial charge in [-0.05, 0) is 48.7 Å². The van der Waals surface area contributed by atoms with Crippen molar-refractivity contribution in [2.24, 2.45) is 16.6 Å². The number of amidine groups is 1. The summed E-state index contributed by atoms with van der Waals surface area (Å²) in [7, 11) is -3.79. The van der Waals surface area contributed by atoms with Gasteiger partial charge in [0.25, 0.3) is 5.91 Å². The predicted octanol–water partition coefficient (Wildman–Crippen LogP) is 5.16. The van der Waals surface area contributed by atoms with Gasteiger partial charge in [-0.25, -0.2) is 27.3 Å². The van der Waals surface area contributed by atoms with Gasteiger partial charge >= 0.3 is 5.97 Å². The highest BCUT2D eigenvalue weighted by Gasteiger charge is 2.37. The molecule has 0 aliphatic carbocycles. The number of amides is 2. The van der Waals surface area contributed by atoms with Crippen LogP contribution in [-0.4, -0.2) is 206 Å². The maximum absolute atomic E-state index is 13.6. The fourth-order valence-electron chi connectivity index (χ4n) is 7.84. The van der Waals surface area contributed by atoms with Crippen LogP contribution in [0.1, 0.15) is 45.1 Å². The van der Waals surface area contributed by atoms with Gasteiger partial charge in [-0.15, -0.1) is 0 Å². The van der Waals surface area contributed by atoms with Crippen molar-refractivity contribution in [3.63, 3.8) is 0 Å². The van der Waals surface area contributed by atoms with Crippen molar-refractivity contribution >= 4 is 45.4 Å². The van der Waals surface area contributed by atoms with Gasteiger partial charge in [-0.1, -0.05) is 31.2 Å². The Labute approximate surface area is 481 Å². The maximum Gasteiger partial charge on any atom is 0.313 e. The molecule has 0 spiro atoms. The Balaban J connectivity index is 0.755. The number of carbonyl (C=O) groups is 3. The standard InChI is InChI=1S/C56H77F4N5O17S/c1-3-12-65(81-4-2)56(68)45-33-44-9-8-43(35-49(44)63-50(61)36-45)42-6-5-7-46(34-42)83(69,70)64-39-41(40-64)38-62-51(66)10-13-71-15-17-73-19-21-75-23-25-77-27-29-79-31-32-80-30-28-78-26-24-76-22-20-74-18-16-72-14-11-52(67)82-55-53(59)47(57)37-48(58)54(55)60/h5-9,33-35,37,41H,3-4,10-32,36,38-40H2,1-2H3,(H2,61,63)(H,62,66). The molecule has 3 aromatic rings. The first-order valence-corrected chi connectivity index (χ1v) is 29.0. The number of sulfonamides is 1. The third kappa shape index (κ3) is 24.5. The molecule has 1 fully saturated rings. The van der Waals surface area contributed by atoms with E-state index >= 15 is 0 Å². The van der Waals surface area contributed by atoms with E-state index in [2.05, 4.69) is 15.0 Å². The summed E-state index contributed by atoms with van der Waals surface area (Å²) < 4.78 is 141. The average Bonchev–Trinajstić information content (AvgIpc) is 3.81. The van der Waals surface area contributed by atoms with Crippen molar-refractivity contribution in [1.29, 1.82) is 0 Å². The number of benzene rings is 3. The van der Waals surface area contributed by atoms with Crippen molar-refractivity contribution in [3.8, 4) is 16.9 Å². The minimum absolute atomic E-state index is 0.0116. The molecule has 0 aromatic heterocycles. The number of rotatable bonds is 44. The zero-order valence-corrected chi connectivity index (χ0v) is 47.9. The molecule has 0 unspecified atom stereocenters. The lowest BCUT2D eigenvalue weighted by Crippen LogP contribution is -2.53. The summed E-state index contributed by atoms with van der Waals surface area (Å²) in [6.45, 7) is 11.7. The van der Waals surface area contributed by atoms with E-state index < -0.39 is 51.4 Å². The first kappa shape index (κ1) is 68.3. The van der Waals surface area contributed by atoms with Gasteiger partial charge in [0.1, 0.15) is 5.84 Å². The summed E-state index contributed by atoms with van der Waals surface area (Å²) in [5.74, 6) is -9.75. The van der Waals surface area contributed by atoms with Gasteiger partial charge in [0.2, 0.25) is 33.3 Å². The normalized spacial score (nSPS) is 13.7. The lowest BCUT2D eigenvalue weighted by atomic mass is 10.0. The molecular formula is C56H77F4N5O17S. The first-order valence-electron chi connectivity index (χ1n) is 27.5. The highest BCUT2D eigenvalue weighted by atomic mass is 32.2. The second-order valence-electron chi connectivity index (χ2n) is 18.5. The van der Waals surface area contributed by atoms with Crippen LogP contribution in [0.5, 0.6) is 5.75 Å². The molecule has 462 valence electrons. The molecule has 2 aliphatic heterocycles. The summed E-state index contributed by atoms with van der Waals surface area (Å²) in [5.41, 5.74) is 9.41. The summed E-state index contributed by atoms with van der Waals surface area (Å²) in [6, 6.07) is 12.3. The van der Waals surface area contributed by atoms with Crippen LogP contribution < -0.4 is 15.8 Å². The summed E-state index contributed by atoms with van der Waals surface area (Å²) >= 11 is 0. The topological polar surface area (TPSA) is 253 Å². The third-order valence-corrected chi connectivity index (χ3v) is 13.9. The summed E-state index contributed by atoms with van der Waals surface area (Å²) in [5, 5.41) is 4.22. The van der Waals surface area contributed by atoms with Crippen molar-refractivity contribution < 1.29 is 97.3 Å². The Hall–Kier alpha value is -5.53. The number of carbonyl (C=O) groups excluding carboxylic acids is 3. The monoisotopic (exact) mass is 1200 g/mol. The molecule has 2 heterocycles. The molecule has 1 saturated heterocycles. The molecular weight excluding hydrogens is 1120 g/mol. The molecule has 5 rings (SSSR count). The van der Waals surface area contributed by atoms with Crippen LogP contribution in [0, 0.1) is 29.2 Å². The maximum atomic E-state index is 13.6. The van der Waals surface area contributed by atoms with E-state index in [4.69, 9.17) is 57.9 Å².